The summed E-state index contributed by atoms with van der Waals surface area (Å²) in [6.07, 6.45) is 0.944. The highest BCUT2D eigenvalue weighted by Crippen LogP contribution is 2.26. The van der Waals surface area contributed by atoms with Gasteiger partial charge in [0.2, 0.25) is 0 Å². The Balaban J connectivity index is 0.920. The minimum atomic E-state index is -1.41. The van der Waals surface area contributed by atoms with Crippen molar-refractivity contribution in [1.82, 2.24) is 20.3 Å². The lowest BCUT2D eigenvalue weighted by Gasteiger charge is -2.39. The number of nitrogens with zero attached hydrogens (tertiary/aromatic N) is 5. The van der Waals surface area contributed by atoms with E-state index >= 15 is 0 Å². The molecule has 0 aliphatic carbocycles. The molecule has 1 aromatic heterocycles. The van der Waals surface area contributed by atoms with E-state index in [1.165, 1.54) is 36.7 Å². The molecule has 0 saturated carbocycles. The number of methoxy groups -OCH3 is 1. The molecule has 0 spiro atoms. The van der Waals surface area contributed by atoms with Crippen LogP contribution in [0, 0.1) is 11.3 Å². The molecule has 2 aromatic carbocycles. The van der Waals surface area contributed by atoms with Crippen LogP contribution in [0.25, 0.3) is 16.8 Å². The van der Waals surface area contributed by atoms with Crippen molar-refractivity contribution in [3.8, 4) is 6.07 Å². The summed E-state index contributed by atoms with van der Waals surface area (Å²) in [4.78, 5) is 15.0. The highest BCUT2D eigenvalue weighted by Gasteiger charge is 2.44. The SMILES string of the molecule is CO[C@H]1O[C@H](Cn2cc(COCCOCCOCCNC(=O)/C(C#N)=C/c3ccc4cc(N5CCCCC5)ccc4c3)nn2)[C@@H](O)[C@H](O)[C@H]1O. The van der Waals surface area contributed by atoms with Gasteiger partial charge in [0.25, 0.3) is 5.91 Å². The summed E-state index contributed by atoms with van der Waals surface area (Å²) >= 11 is 0. The number of aliphatic hydroxyl groups is 3. The molecule has 2 fully saturated rings. The second-order valence-corrected chi connectivity index (χ2v) is 12.2. The van der Waals surface area contributed by atoms with Crippen molar-refractivity contribution in [2.75, 3.05) is 64.7 Å². The van der Waals surface area contributed by atoms with Gasteiger partial charge >= 0.3 is 0 Å². The minimum Gasteiger partial charge on any atom is -0.388 e. The number of aliphatic hydroxyl groups excluding tert-OH is 3. The molecule has 0 bridgehead atoms. The number of benzene rings is 2. The fourth-order valence-electron chi connectivity index (χ4n) is 5.89. The van der Waals surface area contributed by atoms with Crippen LogP contribution < -0.4 is 10.2 Å². The number of nitrogens with one attached hydrogen (secondary N) is 1. The number of rotatable bonds is 17. The molecule has 15 heteroatoms. The molecule has 3 aromatic rings. The van der Waals surface area contributed by atoms with Gasteiger partial charge in [-0.2, -0.15) is 5.26 Å². The molecule has 1 amide bonds. The maximum atomic E-state index is 12.6. The molecule has 270 valence electrons. The number of ether oxygens (including phenoxy) is 5. The van der Waals surface area contributed by atoms with Gasteiger partial charge < -0.3 is 49.2 Å². The number of piperidine rings is 1. The van der Waals surface area contributed by atoms with Crippen LogP contribution in [-0.4, -0.2) is 127 Å². The average molecular weight is 695 g/mol. The van der Waals surface area contributed by atoms with Gasteiger partial charge in [-0.15, -0.1) is 5.10 Å². The second-order valence-electron chi connectivity index (χ2n) is 12.2. The number of carbonyl (C=O) groups excluding carboxylic acids is 1. The number of hydrogen-bond acceptors (Lipinski definition) is 13. The van der Waals surface area contributed by atoms with Crippen LogP contribution in [0.2, 0.25) is 0 Å². The number of nitriles is 1. The summed E-state index contributed by atoms with van der Waals surface area (Å²) in [6, 6.07) is 14.4. The van der Waals surface area contributed by atoms with Crippen molar-refractivity contribution in [3.05, 3.63) is 59.4 Å². The van der Waals surface area contributed by atoms with E-state index in [2.05, 4.69) is 38.7 Å². The molecule has 5 atom stereocenters. The van der Waals surface area contributed by atoms with E-state index in [9.17, 15) is 25.4 Å². The fourth-order valence-corrected chi connectivity index (χ4v) is 5.89. The smallest absolute Gasteiger partial charge is 0.262 e. The Bertz CT molecular complexity index is 1600. The van der Waals surface area contributed by atoms with E-state index in [0.717, 1.165) is 29.4 Å². The Morgan fingerprint density at radius 2 is 1.70 bits per heavy atom. The molecular formula is C35H46N6O9. The Labute approximate surface area is 290 Å². The first-order valence-corrected chi connectivity index (χ1v) is 16.9. The largest absolute Gasteiger partial charge is 0.388 e. The molecule has 4 N–H and O–H groups in total. The maximum absolute atomic E-state index is 12.6. The third kappa shape index (κ3) is 10.3. The molecule has 2 saturated heterocycles. The highest BCUT2D eigenvalue weighted by molar-refractivity contribution is 6.02. The number of aromatic nitrogens is 3. The predicted octanol–water partition coefficient (Wildman–Crippen LogP) is 1.15. The summed E-state index contributed by atoms with van der Waals surface area (Å²) in [6.45, 7) is 4.28. The van der Waals surface area contributed by atoms with Crippen LogP contribution in [0.3, 0.4) is 0 Å². The third-order valence-corrected chi connectivity index (χ3v) is 8.63. The molecule has 0 unspecified atom stereocenters. The van der Waals surface area contributed by atoms with Gasteiger partial charge in [0.15, 0.2) is 6.29 Å². The van der Waals surface area contributed by atoms with E-state index < -0.39 is 36.6 Å². The van der Waals surface area contributed by atoms with E-state index in [4.69, 9.17) is 23.7 Å². The van der Waals surface area contributed by atoms with Crippen LogP contribution in [-0.2, 0) is 41.6 Å². The number of anilines is 1. The van der Waals surface area contributed by atoms with Crippen molar-refractivity contribution in [2.24, 2.45) is 0 Å². The zero-order valence-corrected chi connectivity index (χ0v) is 28.2. The summed E-state index contributed by atoms with van der Waals surface area (Å²) in [5.41, 5.74) is 2.60. The third-order valence-electron chi connectivity index (χ3n) is 8.63. The molecule has 50 heavy (non-hydrogen) atoms. The summed E-state index contributed by atoms with van der Waals surface area (Å²) in [5, 5.41) is 52.7. The normalized spacial score (nSPS) is 22.8. The number of amides is 1. The lowest BCUT2D eigenvalue weighted by Crippen LogP contribution is -2.58. The van der Waals surface area contributed by atoms with Gasteiger partial charge in [-0.1, -0.05) is 23.4 Å². The Morgan fingerprint density at radius 3 is 2.46 bits per heavy atom. The Hall–Kier alpha value is -3.98. The molecule has 5 rings (SSSR count). The van der Waals surface area contributed by atoms with Gasteiger partial charge in [0, 0.05) is 32.4 Å². The van der Waals surface area contributed by atoms with Crippen molar-refractivity contribution in [2.45, 2.75) is 63.1 Å². The number of fused-ring (bicyclic) bond motifs is 1. The zero-order valence-electron chi connectivity index (χ0n) is 28.2. The molecule has 15 nitrogen and oxygen atoms in total. The number of hydrogen-bond donors (Lipinski definition) is 4. The molecule has 0 radical (unpaired) electrons. The maximum Gasteiger partial charge on any atom is 0.262 e. The highest BCUT2D eigenvalue weighted by atomic mass is 16.7. The summed E-state index contributed by atoms with van der Waals surface area (Å²) in [5.74, 6) is -0.455. The van der Waals surface area contributed by atoms with Gasteiger partial charge in [0.05, 0.1) is 52.4 Å². The van der Waals surface area contributed by atoms with Crippen LogP contribution in [0.4, 0.5) is 5.69 Å². The second kappa shape index (κ2) is 18.9. The van der Waals surface area contributed by atoms with Crippen molar-refractivity contribution in [1.29, 1.82) is 5.26 Å². The van der Waals surface area contributed by atoms with E-state index in [1.807, 2.05) is 24.3 Å². The fraction of sp³-hybridized carbons (Fsp3) is 0.543. The summed E-state index contributed by atoms with van der Waals surface area (Å²) < 4.78 is 28.6. The first-order valence-electron chi connectivity index (χ1n) is 16.9. The van der Waals surface area contributed by atoms with Gasteiger partial charge in [-0.3, -0.25) is 4.79 Å². The first kappa shape index (κ1) is 37.3. The predicted molar refractivity (Wildman–Crippen MR) is 182 cm³/mol. The molecule has 3 heterocycles. The van der Waals surface area contributed by atoms with Crippen LogP contribution in [0.15, 0.2) is 48.2 Å². The van der Waals surface area contributed by atoms with Gasteiger partial charge in [-0.05, 0) is 59.9 Å². The van der Waals surface area contributed by atoms with Crippen LogP contribution >= 0.6 is 0 Å². The van der Waals surface area contributed by atoms with Crippen molar-refractivity contribution in [3.63, 3.8) is 0 Å². The van der Waals surface area contributed by atoms with Crippen molar-refractivity contribution >= 4 is 28.4 Å². The summed E-state index contributed by atoms with van der Waals surface area (Å²) in [7, 11) is 1.34. The lowest BCUT2D eigenvalue weighted by atomic mass is 9.99. The van der Waals surface area contributed by atoms with Gasteiger partial charge in [-0.25, -0.2) is 4.68 Å². The quantitative estimate of drug-likeness (QED) is 0.0894. The molecular weight excluding hydrogens is 648 g/mol. The van der Waals surface area contributed by atoms with E-state index in [0.29, 0.717) is 32.1 Å². The standard InChI is InChI=1S/C35H46N6O9/c1-46-35-33(44)32(43)31(42)30(50-35)22-41-21-28(38-39-41)23-49-16-15-48-14-13-47-12-9-37-34(45)27(20-36)18-24-5-6-26-19-29(8-7-25(26)17-24)40-10-3-2-4-11-40/h5-8,17-19,21,30-33,35,42-44H,2-4,9-16,22-23H2,1H3,(H,37,45)/b27-18+/t30-,31-,32+,33-,35+/m1/s1. The zero-order chi connectivity index (χ0) is 35.3. The first-order chi connectivity index (χ1) is 24.4. The Kier molecular flexibility index (Phi) is 14.1. The molecule has 2 aliphatic heterocycles. The van der Waals surface area contributed by atoms with E-state index in [1.54, 1.807) is 12.3 Å². The molecule has 2 aliphatic rings. The number of carbonyl (C=O) groups is 1. The lowest BCUT2D eigenvalue weighted by molar-refractivity contribution is -0.292. The monoisotopic (exact) mass is 694 g/mol. The van der Waals surface area contributed by atoms with E-state index in [-0.39, 0.29) is 31.9 Å². The Morgan fingerprint density at radius 1 is 0.980 bits per heavy atom. The minimum absolute atomic E-state index is 0.0259. The van der Waals surface area contributed by atoms with Crippen LogP contribution in [0.1, 0.15) is 30.5 Å². The van der Waals surface area contributed by atoms with Crippen molar-refractivity contribution < 1.29 is 43.8 Å². The van der Waals surface area contributed by atoms with Gasteiger partial charge in [0.1, 0.15) is 41.8 Å². The van der Waals surface area contributed by atoms with Crippen LogP contribution in [0.5, 0.6) is 0 Å². The topological polar surface area (TPSA) is 194 Å². The average Bonchev–Trinajstić information content (AvgIpc) is 3.59.